The second-order valence-electron chi connectivity index (χ2n) is 5.07. The fraction of sp³-hybridized carbons (Fsp3) is 0.538. The van der Waals surface area contributed by atoms with Gasteiger partial charge in [-0.05, 0) is 12.5 Å². The molecule has 1 aromatic rings. The third kappa shape index (κ3) is 4.22. The molecule has 1 N–H and O–H groups in total. The lowest BCUT2D eigenvalue weighted by Crippen LogP contribution is -2.24. The van der Waals surface area contributed by atoms with Crippen LogP contribution >= 0.6 is 27.5 Å². The Morgan fingerprint density at radius 1 is 1.35 bits per heavy atom. The van der Waals surface area contributed by atoms with Gasteiger partial charge in [-0.25, -0.2) is 0 Å². The van der Waals surface area contributed by atoms with Crippen molar-refractivity contribution in [1.82, 2.24) is 0 Å². The van der Waals surface area contributed by atoms with Crippen LogP contribution in [0.2, 0.25) is 6.32 Å². The van der Waals surface area contributed by atoms with Crippen LogP contribution in [0.25, 0.3) is 0 Å². The molecule has 0 aromatic heterocycles. The number of rotatable bonds is 6. The Kier molecular flexibility index (Phi) is 6.46. The summed E-state index contributed by atoms with van der Waals surface area (Å²) in [4.78, 5) is 0. The molecule has 0 aliphatic heterocycles. The van der Waals surface area contributed by atoms with Crippen LogP contribution in [0.4, 0.5) is 0 Å². The van der Waals surface area contributed by atoms with Crippen LogP contribution in [0.5, 0.6) is 0 Å². The molecule has 4 heteroatoms. The SMILES string of the molecule is CC(C)CBP(I)C(C)(CO)c1ccccc1. The molecule has 94 valence electrons. The maximum atomic E-state index is 9.79. The van der Waals surface area contributed by atoms with E-state index in [2.05, 4.69) is 67.1 Å². The average molecular weight is 362 g/mol. The van der Waals surface area contributed by atoms with Crippen LogP contribution in [-0.4, -0.2) is 18.7 Å². The number of hydrogen-bond acceptors (Lipinski definition) is 1. The van der Waals surface area contributed by atoms with Gasteiger partial charge in [0.15, 0.2) is 7.00 Å². The van der Waals surface area contributed by atoms with Crippen molar-refractivity contribution >= 4 is 34.5 Å². The van der Waals surface area contributed by atoms with Crippen LogP contribution in [0.3, 0.4) is 0 Å². The molecule has 0 aliphatic rings. The van der Waals surface area contributed by atoms with Crippen LogP contribution in [0.1, 0.15) is 26.3 Å². The van der Waals surface area contributed by atoms with Gasteiger partial charge in [-0.3, -0.25) is 0 Å². The van der Waals surface area contributed by atoms with Gasteiger partial charge in [0.1, 0.15) is 0 Å². The van der Waals surface area contributed by atoms with Gasteiger partial charge < -0.3 is 5.11 Å². The fourth-order valence-electron chi connectivity index (χ4n) is 1.72. The summed E-state index contributed by atoms with van der Waals surface area (Å²) in [5, 5.41) is 9.72. The van der Waals surface area contributed by atoms with Crippen LogP contribution in [-0.2, 0) is 5.16 Å². The zero-order valence-corrected chi connectivity index (χ0v) is 13.9. The van der Waals surface area contributed by atoms with Crippen LogP contribution in [0, 0.1) is 5.92 Å². The van der Waals surface area contributed by atoms with Gasteiger partial charge in [0.2, 0.25) is 0 Å². The van der Waals surface area contributed by atoms with Crippen LogP contribution < -0.4 is 0 Å². The lowest BCUT2D eigenvalue weighted by atomic mass is 9.92. The number of halogens is 1. The second kappa shape index (κ2) is 7.11. The normalized spacial score (nSPS) is 16.6. The Hall–Kier alpha value is 0.405. The maximum Gasteiger partial charge on any atom is 0.166 e. The highest BCUT2D eigenvalue weighted by Crippen LogP contribution is 2.61. The first kappa shape index (κ1) is 15.5. The van der Waals surface area contributed by atoms with E-state index in [4.69, 9.17) is 0 Å². The Morgan fingerprint density at radius 2 is 1.94 bits per heavy atom. The smallest absolute Gasteiger partial charge is 0.166 e. The minimum absolute atomic E-state index is 0.0634. The van der Waals surface area contributed by atoms with Gasteiger partial charge in [0.05, 0.1) is 6.61 Å². The zero-order valence-electron chi connectivity index (χ0n) is 10.9. The quantitative estimate of drug-likeness (QED) is 0.458. The summed E-state index contributed by atoms with van der Waals surface area (Å²) in [7, 11) is 0. The highest BCUT2D eigenvalue weighted by atomic mass is 127. The molecule has 2 atom stereocenters. The predicted molar refractivity (Wildman–Crippen MR) is 88.6 cm³/mol. The Labute approximate surface area is 120 Å². The van der Waals surface area contributed by atoms with Gasteiger partial charge in [0.25, 0.3) is 0 Å². The van der Waals surface area contributed by atoms with Gasteiger partial charge >= 0.3 is 0 Å². The van der Waals surface area contributed by atoms with Crippen molar-refractivity contribution in [3.63, 3.8) is 0 Å². The van der Waals surface area contributed by atoms with E-state index in [1.54, 1.807) is 0 Å². The van der Waals surface area contributed by atoms with E-state index in [-0.39, 0.29) is 17.2 Å². The maximum absolute atomic E-state index is 9.79. The van der Waals surface area contributed by atoms with E-state index in [1.165, 1.54) is 18.9 Å². The van der Waals surface area contributed by atoms with Crippen molar-refractivity contribution in [1.29, 1.82) is 0 Å². The van der Waals surface area contributed by atoms with Crippen molar-refractivity contribution in [2.75, 3.05) is 6.61 Å². The lowest BCUT2D eigenvalue weighted by molar-refractivity contribution is 0.256. The molecule has 1 rings (SSSR count). The van der Waals surface area contributed by atoms with E-state index in [9.17, 15) is 5.11 Å². The van der Waals surface area contributed by atoms with Gasteiger partial charge in [-0.15, -0.1) is 0 Å². The van der Waals surface area contributed by atoms with E-state index < -0.39 is 0 Å². The zero-order chi connectivity index (χ0) is 12.9. The largest absolute Gasteiger partial charge is 0.395 e. The molecule has 0 saturated carbocycles. The van der Waals surface area contributed by atoms with E-state index in [1.807, 2.05) is 6.07 Å². The van der Waals surface area contributed by atoms with Gasteiger partial charge in [-0.1, -0.05) is 83.9 Å². The Morgan fingerprint density at radius 3 is 2.41 bits per heavy atom. The van der Waals surface area contributed by atoms with Crippen molar-refractivity contribution in [3.8, 4) is 0 Å². The second-order valence-corrected chi connectivity index (χ2v) is 10.7. The average Bonchev–Trinajstić information content (AvgIpc) is 2.35. The lowest BCUT2D eigenvalue weighted by Gasteiger charge is -2.33. The molecular formula is C13H21BIOP. The summed E-state index contributed by atoms with van der Waals surface area (Å²) in [6, 6.07) is 10.4. The summed E-state index contributed by atoms with van der Waals surface area (Å²) in [6.07, 6.45) is 1.25. The first-order valence-corrected chi connectivity index (χ1v) is 10.4. The minimum atomic E-state index is -0.215. The fourth-order valence-corrected chi connectivity index (χ4v) is 5.67. The highest BCUT2D eigenvalue weighted by molar-refractivity contribution is 14.2. The molecule has 0 radical (unpaired) electrons. The molecule has 2 unspecified atom stereocenters. The van der Waals surface area contributed by atoms with Gasteiger partial charge in [0, 0.05) is 5.16 Å². The first-order valence-electron chi connectivity index (χ1n) is 6.10. The third-order valence-electron chi connectivity index (χ3n) is 3.14. The number of aliphatic hydroxyl groups excluding tert-OH is 1. The molecule has 0 spiro atoms. The summed E-state index contributed by atoms with van der Waals surface area (Å²) in [5.41, 5.74) is 1.06. The third-order valence-corrected chi connectivity index (χ3v) is 9.90. The van der Waals surface area contributed by atoms with Crippen LogP contribution in [0.15, 0.2) is 30.3 Å². The molecule has 0 aliphatic carbocycles. The van der Waals surface area contributed by atoms with Crippen molar-refractivity contribution in [2.24, 2.45) is 5.92 Å². The molecule has 0 heterocycles. The van der Waals surface area contributed by atoms with Gasteiger partial charge in [-0.2, -0.15) is 0 Å². The standard InChI is InChI=1S/C13H21BIOP/c1-11(2)9-14-17(15)13(3,10-16)12-7-5-4-6-8-12/h4-8,11,14,16H,9-10H2,1-3H3. The number of benzene rings is 1. The van der Waals surface area contributed by atoms with Crippen molar-refractivity contribution in [2.45, 2.75) is 32.2 Å². The van der Waals surface area contributed by atoms with E-state index >= 15 is 0 Å². The first-order chi connectivity index (χ1) is 8.00. The molecule has 1 nitrogen and oxygen atoms in total. The molecule has 0 bridgehead atoms. The summed E-state index contributed by atoms with van der Waals surface area (Å²) in [5.74, 6) is 0.744. The summed E-state index contributed by atoms with van der Waals surface area (Å²) < 4.78 is 0. The number of hydrogen-bond donors (Lipinski definition) is 1. The summed E-state index contributed by atoms with van der Waals surface area (Å²) >= 11 is 2.56. The summed E-state index contributed by atoms with van der Waals surface area (Å²) in [6.45, 7) is 8.18. The topological polar surface area (TPSA) is 20.2 Å². The molecule has 1 aromatic carbocycles. The predicted octanol–water partition coefficient (Wildman–Crippen LogP) is 4.15. The number of aliphatic hydroxyl groups is 1. The molecule has 0 amide bonds. The molecule has 0 saturated heterocycles. The molecule has 17 heavy (non-hydrogen) atoms. The molecular weight excluding hydrogens is 341 g/mol. The molecule has 0 fully saturated rings. The minimum Gasteiger partial charge on any atom is -0.395 e. The van der Waals surface area contributed by atoms with E-state index in [0.717, 1.165) is 5.92 Å². The van der Waals surface area contributed by atoms with Crippen molar-refractivity contribution in [3.05, 3.63) is 35.9 Å². The van der Waals surface area contributed by atoms with Crippen molar-refractivity contribution < 1.29 is 5.11 Å². The Bertz CT molecular complexity index is 333. The monoisotopic (exact) mass is 362 g/mol. The Balaban J connectivity index is 2.81. The highest BCUT2D eigenvalue weighted by Gasteiger charge is 2.33. The van der Waals surface area contributed by atoms with E-state index in [0.29, 0.717) is 0 Å².